The monoisotopic (exact) mass is 267 g/mol. The lowest BCUT2D eigenvalue weighted by Gasteiger charge is -2.03. The molecular formula is C10H10ClN5O2. The number of hydrogen-bond acceptors (Lipinski definition) is 5. The number of rotatable bonds is 4. The third kappa shape index (κ3) is 2.31. The summed E-state index contributed by atoms with van der Waals surface area (Å²) in [6.45, 7) is 0.562. The lowest BCUT2D eigenvalue weighted by atomic mass is 10.3. The molecule has 0 bridgehead atoms. The highest BCUT2D eigenvalue weighted by Gasteiger charge is 2.17. The van der Waals surface area contributed by atoms with E-state index in [4.69, 9.17) is 11.6 Å². The van der Waals surface area contributed by atoms with E-state index in [-0.39, 0.29) is 10.7 Å². The van der Waals surface area contributed by atoms with E-state index in [0.29, 0.717) is 12.2 Å². The molecule has 0 aliphatic heterocycles. The van der Waals surface area contributed by atoms with Gasteiger partial charge in [-0.15, -0.1) is 5.10 Å². The highest BCUT2D eigenvalue weighted by molar-refractivity contribution is 6.34. The van der Waals surface area contributed by atoms with Crippen LogP contribution in [0, 0.1) is 10.1 Å². The number of nitro groups is 1. The van der Waals surface area contributed by atoms with Gasteiger partial charge in [0.25, 0.3) is 5.69 Å². The van der Waals surface area contributed by atoms with Gasteiger partial charge in [-0.1, -0.05) is 22.9 Å². The Morgan fingerprint density at radius 3 is 3.00 bits per heavy atom. The van der Waals surface area contributed by atoms with Crippen molar-refractivity contribution >= 4 is 17.3 Å². The van der Waals surface area contributed by atoms with Crippen LogP contribution in [-0.2, 0) is 6.54 Å². The standard InChI is InChI=1S/C10H10ClN5O2/c1-12-5-7-6-15(14-13-7)8-3-2-4-9(10(8)11)16(17)18/h2-4,6,12H,5H2,1H3. The molecule has 1 heterocycles. The summed E-state index contributed by atoms with van der Waals surface area (Å²) in [7, 11) is 1.79. The van der Waals surface area contributed by atoms with Crippen LogP contribution in [0.3, 0.4) is 0 Å². The molecule has 1 N–H and O–H groups in total. The SMILES string of the molecule is CNCc1cn(-c2cccc([N+](=O)[O-])c2Cl)nn1. The van der Waals surface area contributed by atoms with Crippen molar-refractivity contribution in [1.82, 2.24) is 20.3 Å². The van der Waals surface area contributed by atoms with Crippen LogP contribution in [0.15, 0.2) is 24.4 Å². The molecule has 0 unspecified atom stereocenters. The Morgan fingerprint density at radius 1 is 1.56 bits per heavy atom. The maximum atomic E-state index is 10.8. The zero-order valence-corrected chi connectivity index (χ0v) is 10.3. The van der Waals surface area contributed by atoms with Crippen LogP contribution in [0.2, 0.25) is 5.02 Å². The van der Waals surface area contributed by atoms with E-state index in [2.05, 4.69) is 15.6 Å². The Kier molecular flexibility index (Phi) is 3.54. The highest BCUT2D eigenvalue weighted by Crippen LogP contribution is 2.29. The molecule has 7 nitrogen and oxygen atoms in total. The quantitative estimate of drug-likeness (QED) is 0.671. The molecule has 94 valence electrons. The Labute approximate surface area is 108 Å². The largest absolute Gasteiger partial charge is 0.314 e. The van der Waals surface area contributed by atoms with E-state index in [1.165, 1.54) is 10.7 Å². The summed E-state index contributed by atoms with van der Waals surface area (Å²) in [5, 5.41) is 21.6. The number of hydrogen-bond donors (Lipinski definition) is 1. The van der Waals surface area contributed by atoms with Gasteiger partial charge in [0.15, 0.2) is 0 Å². The van der Waals surface area contributed by atoms with Crippen LogP contribution < -0.4 is 5.32 Å². The second-order valence-electron chi connectivity index (χ2n) is 3.55. The average molecular weight is 268 g/mol. The second-order valence-corrected chi connectivity index (χ2v) is 3.93. The molecule has 0 saturated heterocycles. The van der Waals surface area contributed by atoms with Crippen molar-refractivity contribution in [3.05, 3.63) is 45.2 Å². The topological polar surface area (TPSA) is 85.9 Å². The van der Waals surface area contributed by atoms with Gasteiger partial charge >= 0.3 is 0 Å². The van der Waals surface area contributed by atoms with Crippen molar-refractivity contribution in [3.8, 4) is 5.69 Å². The molecule has 0 spiro atoms. The van der Waals surface area contributed by atoms with Crippen LogP contribution in [-0.4, -0.2) is 27.0 Å². The van der Waals surface area contributed by atoms with Crippen molar-refractivity contribution in [1.29, 1.82) is 0 Å². The van der Waals surface area contributed by atoms with Crippen LogP contribution in [0.25, 0.3) is 5.69 Å². The van der Waals surface area contributed by atoms with Crippen molar-refractivity contribution in [2.45, 2.75) is 6.54 Å². The molecule has 18 heavy (non-hydrogen) atoms. The molecule has 0 aliphatic rings. The molecule has 0 aliphatic carbocycles. The van der Waals surface area contributed by atoms with Crippen molar-refractivity contribution in [2.24, 2.45) is 0 Å². The van der Waals surface area contributed by atoms with Crippen molar-refractivity contribution in [2.75, 3.05) is 7.05 Å². The maximum absolute atomic E-state index is 10.8. The van der Waals surface area contributed by atoms with Crippen molar-refractivity contribution in [3.63, 3.8) is 0 Å². The van der Waals surface area contributed by atoms with Gasteiger partial charge in [-0.05, 0) is 13.1 Å². The molecule has 0 amide bonds. The minimum absolute atomic E-state index is 0.0448. The molecule has 1 aromatic heterocycles. The summed E-state index contributed by atoms with van der Waals surface area (Å²) in [5.41, 5.74) is 1.00. The number of aromatic nitrogens is 3. The molecular weight excluding hydrogens is 258 g/mol. The van der Waals surface area contributed by atoms with Crippen LogP contribution in [0.1, 0.15) is 5.69 Å². The Balaban J connectivity index is 2.43. The van der Waals surface area contributed by atoms with Gasteiger partial charge in [0.05, 0.1) is 22.5 Å². The summed E-state index contributed by atoms with van der Waals surface area (Å²) in [5.74, 6) is 0. The van der Waals surface area contributed by atoms with E-state index < -0.39 is 4.92 Å². The smallest absolute Gasteiger partial charge is 0.290 e. The zero-order chi connectivity index (χ0) is 13.1. The number of nitrogens with one attached hydrogen (secondary N) is 1. The van der Waals surface area contributed by atoms with Crippen LogP contribution in [0.4, 0.5) is 5.69 Å². The summed E-state index contributed by atoms with van der Waals surface area (Å²) in [6, 6.07) is 4.54. The molecule has 8 heteroatoms. The fourth-order valence-electron chi connectivity index (χ4n) is 1.50. The fraction of sp³-hybridized carbons (Fsp3) is 0.200. The zero-order valence-electron chi connectivity index (χ0n) is 9.50. The third-order valence-electron chi connectivity index (χ3n) is 2.30. The molecule has 1 aromatic carbocycles. The predicted molar refractivity (Wildman–Crippen MR) is 65.8 cm³/mol. The molecule has 0 atom stereocenters. The molecule has 2 aromatic rings. The van der Waals surface area contributed by atoms with Gasteiger partial charge in [0, 0.05) is 12.6 Å². The summed E-state index contributed by atoms with van der Waals surface area (Å²) < 4.78 is 1.42. The Bertz CT molecular complexity index is 583. The predicted octanol–water partition coefficient (Wildman–Crippen LogP) is 1.55. The summed E-state index contributed by atoms with van der Waals surface area (Å²) in [6.07, 6.45) is 1.67. The van der Waals surface area contributed by atoms with E-state index >= 15 is 0 Å². The van der Waals surface area contributed by atoms with Gasteiger partial charge in [-0.3, -0.25) is 10.1 Å². The normalized spacial score (nSPS) is 10.6. The van der Waals surface area contributed by atoms with Gasteiger partial charge in [-0.25, -0.2) is 4.68 Å². The lowest BCUT2D eigenvalue weighted by molar-refractivity contribution is -0.384. The van der Waals surface area contributed by atoms with Gasteiger partial charge < -0.3 is 5.32 Å². The first kappa shape index (κ1) is 12.5. The summed E-state index contributed by atoms with van der Waals surface area (Å²) in [4.78, 5) is 10.2. The van der Waals surface area contributed by atoms with Gasteiger partial charge in [0.1, 0.15) is 5.02 Å². The van der Waals surface area contributed by atoms with E-state index in [9.17, 15) is 10.1 Å². The first-order chi connectivity index (χ1) is 8.63. The van der Waals surface area contributed by atoms with E-state index in [0.717, 1.165) is 5.69 Å². The highest BCUT2D eigenvalue weighted by atomic mass is 35.5. The van der Waals surface area contributed by atoms with E-state index in [1.807, 2.05) is 0 Å². The summed E-state index contributed by atoms with van der Waals surface area (Å²) >= 11 is 5.98. The molecule has 0 saturated carbocycles. The average Bonchev–Trinajstić information content (AvgIpc) is 2.78. The minimum atomic E-state index is -0.530. The number of benzene rings is 1. The van der Waals surface area contributed by atoms with E-state index in [1.54, 1.807) is 25.4 Å². The molecule has 0 fully saturated rings. The first-order valence-corrected chi connectivity index (χ1v) is 5.50. The number of nitro benzene ring substituents is 1. The van der Waals surface area contributed by atoms with Gasteiger partial charge in [0.2, 0.25) is 0 Å². The Morgan fingerprint density at radius 2 is 2.33 bits per heavy atom. The maximum Gasteiger partial charge on any atom is 0.290 e. The minimum Gasteiger partial charge on any atom is -0.314 e. The van der Waals surface area contributed by atoms with Crippen molar-refractivity contribution < 1.29 is 4.92 Å². The third-order valence-corrected chi connectivity index (χ3v) is 2.69. The number of nitrogens with zero attached hydrogens (tertiary/aromatic N) is 4. The fourth-order valence-corrected chi connectivity index (χ4v) is 1.79. The molecule has 0 radical (unpaired) electrons. The van der Waals surface area contributed by atoms with Crippen LogP contribution in [0.5, 0.6) is 0 Å². The van der Waals surface area contributed by atoms with Gasteiger partial charge in [-0.2, -0.15) is 0 Å². The van der Waals surface area contributed by atoms with Crippen LogP contribution >= 0.6 is 11.6 Å². The second kappa shape index (κ2) is 5.11. The first-order valence-electron chi connectivity index (χ1n) is 5.12. The molecule has 2 rings (SSSR count). The lowest BCUT2D eigenvalue weighted by Crippen LogP contribution is -2.05. The Hall–Kier alpha value is -1.99. The number of halogens is 1.